The molecule has 0 atom stereocenters. The molecule has 0 unspecified atom stereocenters. The molecule has 170 valence electrons. The minimum atomic E-state index is 0.773. The van der Waals surface area contributed by atoms with E-state index in [0.717, 1.165) is 42.5 Å². The van der Waals surface area contributed by atoms with Crippen molar-refractivity contribution < 1.29 is 4.57 Å². The number of benzene rings is 2. The zero-order chi connectivity index (χ0) is 22.8. The van der Waals surface area contributed by atoms with Gasteiger partial charge in [-0.1, -0.05) is 34.7 Å². The number of thioether (sulfide) groups is 1. The van der Waals surface area contributed by atoms with Gasteiger partial charge in [0.05, 0.1) is 22.5 Å². The monoisotopic (exact) mass is 530 g/mol. The SMILES string of the molecule is SCCCN1/C(=C/c2sc3ccc(-n4cccc4)cc3[n+]2CCCS)Sc2ccc(Cl)cc21. The fraction of sp³-hybridized carbons (Fsp3) is 0.240. The summed E-state index contributed by atoms with van der Waals surface area (Å²) < 4.78 is 5.90. The van der Waals surface area contributed by atoms with Crippen LogP contribution in [0.15, 0.2) is 70.8 Å². The van der Waals surface area contributed by atoms with Crippen LogP contribution in [0.1, 0.15) is 17.8 Å². The Bertz CT molecular complexity index is 1300. The fourth-order valence-electron chi connectivity index (χ4n) is 4.07. The van der Waals surface area contributed by atoms with Crippen LogP contribution in [0.3, 0.4) is 0 Å². The van der Waals surface area contributed by atoms with Crippen LogP contribution in [0.5, 0.6) is 0 Å². The van der Waals surface area contributed by atoms with E-state index in [9.17, 15) is 0 Å². The molecule has 0 saturated carbocycles. The number of anilines is 1. The lowest BCUT2D eigenvalue weighted by atomic mass is 10.2. The molecule has 8 heteroatoms. The summed E-state index contributed by atoms with van der Waals surface area (Å²) in [6.07, 6.45) is 8.56. The number of thiol groups is 2. The first-order valence-corrected chi connectivity index (χ1v) is 14.2. The zero-order valence-electron chi connectivity index (χ0n) is 18.0. The van der Waals surface area contributed by atoms with Crippen molar-refractivity contribution in [3.63, 3.8) is 0 Å². The smallest absolute Gasteiger partial charge is 0.265 e. The van der Waals surface area contributed by atoms with Gasteiger partial charge in [-0.15, -0.1) is 0 Å². The average Bonchev–Trinajstić information content (AvgIpc) is 3.54. The molecule has 0 fully saturated rings. The maximum absolute atomic E-state index is 6.34. The number of nitrogens with zero attached hydrogens (tertiary/aromatic N) is 3. The van der Waals surface area contributed by atoms with E-state index in [1.807, 2.05) is 29.2 Å². The predicted octanol–water partition coefficient (Wildman–Crippen LogP) is 7.18. The molecule has 33 heavy (non-hydrogen) atoms. The summed E-state index contributed by atoms with van der Waals surface area (Å²) in [6.45, 7) is 1.87. The molecule has 1 aliphatic rings. The molecule has 0 aliphatic carbocycles. The number of rotatable bonds is 8. The Morgan fingerprint density at radius 2 is 1.82 bits per heavy atom. The number of halogens is 1. The largest absolute Gasteiger partial charge is 0.335 e. The van der Waals surface area contributed by atoms with E-state index in [4.69, 9.17) is 11.6 Å². The normalized spacial score (nSPS) is 14.5. The highest BCUT2D eigenvalue weighted by Crippen LogP contribution is 2.47. The molecule has 0 N–H and O–H groups in total. The van der Waals surface area contributed by atoms with Crippen molar-refractivity contribution in [1.82, 2.24) is 4.57 Å². The van der Waals surface area contributed by atoms with E-state index in [-0.39, 0.29) is 0 Å². The number of hydrogen-bond acceptors (Lipinski definition) is 5. The Balaban J connectivity index is 1.59. The highest BCUT2D eigenvalue weighted by molar-refractivity contribution is 8.03. The third-order valence-corrected chi connectivity index (χ3v) is 8.73. The minimum absolute atomic E-state index is 0.773. The van der Waals surface area contributed by atoms with Gasteiger partial charge >= 0.3 is 0 Å². The van der Waals surface area contributed by atoms with Gasteiger partial charge in [-0.3, -0.25) is 0 Å². The summed E-state index contributed by atoms with van der Waals surface area (Å²) >= 11 is 18.9. The van der Waals surface area contributed by atoms with E-state index < -0.39 is 0 Å². The summed E-state index contributed by atoms with van der Waals surface area (Å²) in [4.78, 5) is 3.64. The van der Waals surface area contributed by atoms with Crippen molar-refractivity contribution in [1.29, 1.82) is 0 Å². The van der Waals surface area contributed by atoms with Crippen molar-refractivity contribution in [2.75, 3.05) is 23.0 Å². The summed E-state index contributed by atoms with van der Waals surface area (Å²) in [5.74, 6) is 1.72. The maximum Gasteiger partial charge on any atom is 0.265 e. The number of aromatic nitrogens is 2. The van der Waals surface area contributed by atoms with Crippen LogP contribution in [0, 0.1) is 0 Å². The van der Waals surface area contributed by atoms with Crippen LogP contribution in [-0.4, -0.2) is 22.6 Å². The number of aryl methyl sites for hydroxylation is 1. The minimum Gasteiger partial charge on any atom is -0.335 e. The van der Waals surface area contributed by atoms with Gasteiger partial charge in [0.1, 0.15) is 4.70 Å². The van der Waals surface area contributed by atoms with Crippen LogP contribution in [0.25, 0.3) is 22.0 Å². The van der Waals surface area contributed by atoms with Crippen molar-refractivity contribution in [3.8, 4) is 5.69 Å². The maximum atomic E-state index is 6.34. The first-order valence-electron chi connectivity index (χ1n) is 11.0. The van der Waals surface area contributed by atoms with Gasteiger partial charge < -0.3 is 9.47 Å². The van der Waals surface area contributed by atoms with Crippen molar-refractivity contribution in [3.05, 3.63) is 76.0 Å². The van der Waals surface area contributed by atoms with Gasteiger partial charge in [-0.25, -0.2) is 0 Å². The van der Waals surface area contributed by atoms with Crippen LogP contribution in [-0.2, 0) is 6.54 Å². The average molecular weight is 531 g/mol. The van der Waals surface area contributed by atoms with Crippen LogP contribution in [0.2, 0.25) is 5.02 Å². The molecule has 2 aromatic heterocycles. The van der Waals surface area contributed by atoms with Crippen molar-refractivity contribution in [2.24, 2.45) is 0 Å². The quantitative estimate of drug-likeness (QED) is 0.185. The Morgan fingerprint density at radius 3 is 2.61 bits per heavy atom. The lowest BCUT2D eigenvalue weighted by Crippen LogP contribution is -2.35. The van der Waals surface area contributed by atoms with Crippen molar-refractivity contribution >= 4 is 81.9 Å². The zero-order valence-corrected chi connectivity index (χ0v) is 22.2. The molecule has 5 rings (SSSR count). The molecular formula is C25H25ClN3S4+. The molecule has 3 heterocycles. The molecule has 3 nitrogen and oxygen atoms in total. The first-order chi connectivity index (χ1) is 16.2. The molecule has 0 saturated heterocycles. The molecule has 0 amide bonds. The van der Waals surface area contributed by atoms with E-state index in [1.54, 1.807) is 0 Å². The second-order valence-corrected chi connectivity index (χ2v) is 11.3. The molecule has 0 spiro atoms. The topological polar surface area (TPSA) is 12.1 Å². The summed E-state index contributed by atoms with van der Waals surface area (Å²) in [5, 5.41) is 3.27. The second kappa shape index (κ2) is 10.4. The second-order valence-electron chi connectivity index (χ2n) is 7.84. The highest BCUT2D eigenvalue weighted by Gasteiger charge is 2.28. The molecule has 1 aliphatic heterocycles. The first kappa shape index (κ1) is 23.2. The Hall–Kier alpha value is -1.51. The lowest BCUT2D eigenvalue weighted by molar-refractivity contribution is -0.668. The van der Waals surface area contributed by atoms with Gasteiger partial charge in [-0.05, 0) is 60.4 Å². The van der Waals surface area contributed by atoms with Crippen LogP contribution < -0.4 is 9.47 Å². The molecule has 4 aromatic rings. The van der Waals surface area contributed by atoms with Crippen LogP contribution in [0.4, 0.5) is 5.69 Å². The predicted molar refractivity (Wildman–Crippen MR) is 151 cm³/mol. The van der Waals surface area contributed by atoms with Gasteiger partial charge in [-0.2, -0.15) is 29.8 Å². The number of thiazole rings is 1. The number of fused-ring (bicyclic) bond motifs is 2. The van der Waals surface area contributed by atoms with E-state index in [2.05, 4.69) is 100 Å². The Labute approximate surface area is 218 Å². The third-order valence-electron chi connectivity index (χ3n) is 5.64. The van der Waals surface area contributed by atoms with Crippen molar-refractivity contribution in [2.45, 2.75) is 24.3 Å². The third kappa shape index (κ3) is 4.84. The summed E-state index contributed by atoms with van der Waals surface area (Å²) in [7, 11) is 0. The van der Waals surface area contributed by atoms with E-state index in [1.165, 1.54) is 36.5 Å². The summed E-state index contributed by atoms with van der Waals surface area (Å²) in [5.41, 5.74) is 3.64. The lowest BCUT2D eigenvalue weighted by Gasteiger charge is -2.19. The molecule has 2 aromatic carbocycles. The molecular weight excluding hydrogens is 506 g/mol. The van der Waals surface area contributed by atoms with E-state index >= 15 is 0 Å². The summed E-state index contributed by atoms with van der Waals surface area (Å²) in [6, 6.07) is 17.0. The van der Waals surface area contributed by atoms with E-state index in [0.29, 0.717) is 0 Å². The van der Waals surface area contributed by atoms with Gasteiger partial charge in [0.15, 0.2) is 6.54 Å². The Kier molecular flexibility index (Phi) is 7.33. The Morgan fingerprint density at radius 1 is 1.00 bits per heavy atom. The van der Waals surface area contributed by atoms with Gasteiger partial charge in [0.2, 0.25) is 5.52 Å². The van der Waals surface area contributed by atoms with Gasteiger partial charge in [0.25, 0.3) is 5.01 Å². The molecule has 0 bridgehead atoms. The standard InChI is InChI=1S/C25H24ClN3S4/c26-18-5-7-22-20(15-18)28(11-3-13-30)24(32-22)17-25-29(12-4-14-31)21-16-19(6-8-23(21)33-25)27-9-1-2-10-27/h1-2,5-10,15-17H,3-4,11-14H2,(H-,30,31)/p+1. The van der Waals surface area contributed by atoms with Gasteiger partial charge in [0, 0.05) is 41.3 Å². The fourth-order valence-corrected chi connectivity index (χ4v) is 6.81. The van der Waals surface area contributed by atoms with Crippen LogP contribution >= 0.6 is 60.0 Å². The highest BCUT2D eigenvalue weighted by atomic mass is 35.5. The number of hydrogen-bond donors (Lipinski definition) is 2. The molecule has 0 radical (unpaired) electrons.